The van der Waals surface area contributed by atoms with Crippen molar-refractivity contribution in [1.82, 2.24) is 5.32 Å². The van der Waals surface area contributed by atoms with E-state index in [2.05, 4.69) is 40.3 Å². The molecule has 0 amide bonds. The predicted molar refractivity (Wildman–Crippen MR) is 88.6 cm³/mol. The second-order valence-electron chi connectivity index (χ2n) is 4.19. The van der Waals surface area contributed by atoms with E-state index >= 15 is 0 Å². The molecule has 1 nitrogen and oxygen atoms in total. The van der Waals surface area contributed by atoms with Crippen molar-refractivity contribution in [2.24, 2.45) is 0 Å². The van der Waals surface area contributed by atoms with Crippen LogP contribution in [0.4, 0.5) is 0 Å². The first kappa shape index (κ1) is 15.3. The molecule has 19 heavy (non-hydrogen) atoms. The maximum atomic E-state index is 6.00. The van der Waals surface area contributed by atoms with Gasteiger partial charge >= 0.3 is 0 Å². The van der Waals surface area contributed by atoms with E-state index < -0.39 is 0 Å². The third-order valence-electron chi connectivity index (χ3n) is 2.82. The highest BCUT2D eigenvalue weighted by molar-refractivity contribution is 9.10. The molecule has 1 heterocycles. The number of benzene rings is 1. The zero-order valence-corrected chi connectivity index (χ0v) is 14.3. The first-order valence-electron chi connectivity index (χ1n) is 6.02. The van der Waals surface area contributed by atoms with E-state index in [0.717, 1.165) is 26.8 Å². The Hall–Kier alpha value is -0.0600. The molecule has 2 rings (SSSR count). The molecular formula is C14H14BrCl2NS. The van der Waals surface area contributed by atoms with E-state index in [1.165, 1.54) is 10.4 Å². The standard InChI is InChI=1S/C14H14BrCl2NS/c1-2-18-13(8-10-4-6-14(17)19-10)11-5-3-9(16)7-12(11)15/h3-7,13,18H,2,8H2,1H3. The van der Waals surface area contributed by atoms with Crippen LogP contribution in [-0.4, -0.2) is 6.54 Å². The van der Waals surface area contributed by atoms with Crippen LogP contribution in [0.25, 0.3) is 0 Å². The van der Waals surface area contributed by atoms with Crippen molar-refractivity contribution in [3.05, 3.63) is 54.6 Å². The molecule has 0 aliphatic heterocycles. The first-order chi connectivity index (χ1) is 9.10. The van der Waals surface area contributed by atoms with E-state index in [4.69, 9.17) is 23.2 Å². The van der Waals surface area contributed by atoms with Gasteiger partial charge in [0.05, 0.1) is 4.34 Å². The Kier molecular flexibility index (Phi) is 5.72. The normalized spacial score (nSPS) is 12.6. The minimum atomic E-state index is 0.256. The van der Waals surface area contributed by atoms with Crippen molar-refractivity contribution in [1.29, 1.82) is 0 Å². The number of thiophene rings is 1. The van der Waals surface area contributed by atoms with Crippen molar-refractivity contribution < 1.29 is 0 Å². The van der Waals surface area contributed by atoms with Gasteiger partial charge in [0.25, 0.3) is 0 Å². The fourth-order valence-electron chi connectivity index (χ4n) is 1.99. The first-order valence-corrected chi connectivity index (χ1v) is 8.39. The van der Waals surface area contributed by atoms with Crippen LogP contribution in [0.2, 0.25) is 9.36 Å². The highest BCUT2D eigenvalue weighted by Gasteiger charge is 2.15. The molecule has 1 atom stereocenters. The van der Waals surface area contributed by atoms with Crippen molar-refractivity contribution in [2.45, 2.75) is 19.4 Å². The van der Waals surface area contributed by atoms with Crippen molar-refractivity contribution in [3.63, 3.8) is 0 Å². The number of likely N-dealkylation sites (N-methyl/N-ethyl adjacent to an activating group) is 1. The zero-order valence-electron chi connectivity index (χ0n) is 10.4. The van der Waals surface area contributed by atoms with Gasteiger partial charge in [-0.3, -0.25) is 0 Å². The quantitative estimate of drug-likeness (QED) is 0.702. The Labute approximate surface area is 136 Å². The van der Waals surface area contributed by atoms with Crippen LogP contribution in [-0.2, 0) is 6.42 Å². The molecule has 1 aromatic heterocycles. The molecule has 0 spiro atoms. The van der Waals surface area contributed by atoms with Gasteiger partial charge in [-0.1, -0.05) is 52.1 Å². The number of hydrogen-bond acceptors (Lipinski definition) is 2. The minimum absolute atomic E-state index is 0.256. The van der Waals surface area contributed by atoms with Crippen LogP contribution >= 0.6 is 50.5 Å². The second-order valence-corrected chi connectivity index (χ2v) is 7.28. The van der Waals surface area contributed by atoms with Gasteiger partial charge in [0, 0.05) is 26.8 Å². The van der Waals surface area contributed by atoms with Gasteiger partial charge in [-0.05, 0) is 36.4 Å². The summed E-state index contributed by atoms with van der Waals surface area (Å²) in [4.78, 5) is 1.28. The lowest BCUT2D eigenvalue weighted by molar-refractivity contribution is 0.551. The fourth-order valence-corrected chi connectivity index (χ4v) is 4.08. The molecule has 5 heteroatoms. The highest BCUT2D eigenvalue weighted by Crippen LogP contribution is 2.31. The summed E-state index contributed by atoms with van der Waals surface area (Å²) >= 11 is 17.2. The summed E-state index contributed by atoms with van der Waals surface area (Å²) in [5.74, 6) is 0. The van der Waals surface area contributed by atoms with Gasteiger partial charge in [-0.15, -0.1) is 11.3 Å². The Morgan fingerprint density at radius 3 is 2.63 bits per heavy atom. The van der Waals surface area contributed by atoms with Crippen molar-refractivity contribution in [3.8, 4) is 0 Å². The van der Waals surface area contributed by atoms with Gasteiger partial charge in [0.1, 0.15) is 0 Å². The summed E-state index contributed by atoms with van der Waals surface area (Å²) in [5, 5.41) is 4.25. The Balaban J connectivity index is 2.23. The molecule has 0 radical (unpaired) electrons. The number of halogens is 3. The molecule has 1 aromatic carbocycles. The van der Waals surface area contributed by atoms with Crippen molar-refractivity contribution in [2.75, 3.05) is 6.54 Å². The number of rotatable bonds is 5. The van der Waals surface area contributed by atoms with Gasteiger partial charge in [-0.2, -0.15) is 0 Å². The third-order valence-corrected chi connectivity index (χ3v) is 5.00. The zero-order chi connectivity index (χ0) is 13.8. The largest absolute Gasteiger partial charge is 0.310 e. The lowest BCUT2D eigenvalue weighted by Gasteiger charge is -2.19. The van der Waals surface area contributed by atoms with Gasteiger partial charge in [-0.25, -0.2) is 0 Å². The van der Waals surface area contributed by atoms with Crippen LogP contribution in [0.15, 0.2) is 34.8 Å². The van der Waals surface area contributed by atoms with Gasteiger partial charge in [0.2, 0.25) is 0 Å². The SMILES string of the molecule is CCNC(Cc1ccc(Cl)s1)c1ccc(Cl)cc1Br. The topological polar surface area (TPSA) is 12.0 Å². The lowest BCUT2D eigenvalue weighted by atomic mass is 10.0. The van der Waals surface area contributed by atoms with E-state index in [1.807, 2.05) is 18.2 Å². The van der Waals surface area contributed by atoms with Crippen molar-refractivity contribution >= 4 is 50.5 Å². The molecule has 0 fully saturated rings. The van der Waals surface area contributed by atoms with Crippen LogP contribution in [0.5, 0.6) is 0 Å². The van der Waals surface area contributed by atoms with E-state index in [0.29, 0.717) is 0 Å². The summed E-state index contributed by atoms with van der Waals surface area (Å²) < 4.78 is 1.87. The molecule has 2 aromatic rings. The van der Waals surface area contributed by atoms with E-state index in [9.17, 15) is 0 Å². The monoisotopic (exact) mass is 377 g/mol. The fraction of sp³-hybridized carbons (Fsp3) is 0.286. The van der Waals surface area contributed by atoms with E-state index in [-0.39, 0.29) is 6.04 Å². The summed E-state index contributed by atoms with van der Waals surface area (Å²) in [6, 6.07) is 10.2. The number of hydrogen-bond donors (Lipinski definition) is 1. The van der Waals surface area contributed by atoms with Crippen LogP contribution < -0.4 is 5.32 Å². The molecule has 0 aliphatic rings. The molecule has 102 valence electrons. The van der Waals surface area contributed by atoms with Gasteiger partial charge in [0.15, 0.2) is 0 Å². The summed E-state index contributed by atoms with van der Waals surface area (Å²) in [7, 11) is 0. The van der Waals surface area contributed by atoms with Crippen LogP contribution in [0.1, 0.15) is 23.4 Å². The smallest absolute Gasteiger partial charge is 0.0931 e. The average molecular weight is 379 g/mol. The third kappa shape index (κ3) is 4.20. The maximum absolute atomic E-state index is 6.00. The molecule has 1 unspecified atom stereocenters. The molecular weight excluding hydrogens is 365 g/mol. The Morgan fingerprint density at radius 2 is 2.05 bits per heavy atom. The number of nitrogens with one attached hydrogen (secondary N) is 1. The minimum Gasteiger partial charge on any atom is -0.310 e. The average Bonchev–Trinajstić information content (AvgIpc) is 2.74. The molecule has 0 bridgehead atoms. The second kappa shape index (κ2) is 7.09. The maximum Gasteiger partial charge on any atom is 0.0931 e. The van der Waals surface area contributed by atoms with Crippen LogP contribution in [0.3, 0.4) is 0 Å². The molecule has 1 N–H and O–H groups in total. The lowest BCUT2D eigenvalue weighted by Crippen LogP contribution is -2.23. The van der Waals surface area contributed by atoms with E-state index in [1.54, 1.807) is 11.3 Å². The Bertz CT molecular complexity index is 556. The molecule has 0 saturated carbocycles. The highest BCUT2D eigenvalue weighted by atomic mass is 79.9. The summed E-state index contributed by atoms with van der Waals surface area (Å²) in [6.45, 7) is 3.02. The molecule has 0 aliphatic carbocycles. The predicted octanol–water partition coefficient (Wildman–Crippen LogP) is 5.71. The Morgan fingerprint density at radius 1 is 1.26 bits per heavy atom. The molecule has 0 saturated heterocycles. The van der Waals surface area contributed by atoms with Gasteiger partial charge < -0.3 is 5.32 Å². The summed E-state index contributed by atoms with van der Waals surface area (Å²) in [6.07, 6.45) is 0.922. The summed E-state index contributed by atoms with van der Waals surface area (Å²) in [5.41, 5.74) is 1.22. The van der Waals surface area contributed by atoms with Crippen LogP contribution in [0, 0.1) is 0 Å².